The summed E-state index contributed by atoms with van der Waals surface area (Å²) < 4.78 is 1.07. The lowest BCUT2D eigenvalue weighted by atomic mass is 10.2. The molecule has 0 aliphatic carbocycles. The first-order valence-corrected chi connectivity index (χ1v) is 9.69. The monoisotopic (exact) mass is 364 g/mol. The van der Waals surface area contributed by atoms with Crippen LogP contribution in [0.1, 0.15) is 13.8 Å². The van der Waals surface area contributed by atoms with Crippen LogP contribution in [0.25, 0.3) is 0 Å². The zero-order chi connectivity index (χ0) is 15.9. The molecule has 0 radical (unpaired) electrons. The molecule has 1 amide bonds. The molecule has 1 aromatic rings. The van der Waals surface area contributed by atoms with E-state index < -0.39 is 6.09 Å². The fourth-order valence-electron chi connectivity index (χ4n) is 1.23. The molecule has 0 fully saturated rings. The number of halogens is 1. The van der Waals surface area contributed by atoms with Crippen molar-refractivity contribution in [2.24, 2.45) is 5.16 Å². The average molecular weight is 365 g/mol. The Morgan fingerprint density at radius 1 is 1.38 bits per heavy atom. The van der Waals surface area contributed by atoms with Crippen LogP contribution < -0.4 is 0 Å². The second-order valence-corrected chi connectivity index (χ2v) is 9.13. The van der Waals surface area contributed by atoms with Crippen LogP contribution in [0, 0.1) is 0 Å². The Hall–Kier alpha value is -0.500. The molecule has 0 N–H and O–H groups in total. The standard InChI is InChI=1S/C13H17ClN2O2S3/c1-13(2,20-11-7-5-10(14)6-8-11)9-15-18-12(17)16(3)21-19-4/h5-9H,1-4H3. The summed E-state index contributed by atoms with van der Waals surface area (Å²) in [5.74, 6) is 0. The van der Waals surface area contributed by atoms with E-state index >= 15 is 0 Å². The van der Waals surface area contributed by atoms with Crippen molar-refractivity contribution < 1.29 is 9.63 Å². The molecule has 0 aliphatic heterocycles. The molecule has 4 nitrogen and oxygen atoms in total. The van der Waals surface area contributed by atoms with E-state index in [4.69, 9.17) is 16.4 Å². The summed E-state index contributed by atoms with van der Waals surface area (Å²) in [5, 5.41) is 4.48. The van der Waals surface area contributed by atoms with Gasteiger partial charge in [0.15, 0.2) is 0 Å². The van der Waals surface area contributed by atoms with Crippen molar-refractivity contribution in [1.82, 2.24) is 4.31 Å². The van der Waals surface area contributed by atoms with Crippen molar-refractivity contribution in [3.8, 4) is 0 Å². The number of amides is 1. The van der Waals surface area contributed by atoms with Gasteiger partial charge in [0.25, 0.3) is 0 Å². The number of thioether (sulfide) groups is 1. The fraction of sp³-hybridized carbons (Fsp3) is 0.385. The highest BCUT2D eigenvalue weighted by molar-refractivity contribution is 8.75. The molecule has 0 unspecified atom stereocenters. The molecule has 0 bridgehead atoms. The fourth-order valence-corrected chi connectivity index (χ4v) is 3.50. The van der Waals surface area contributed by atoms with Gasteiger partial charge in [-0.15, -0.1) is 11.8 Å². The zero-order valence-electron chi connectivity index (χ0n) is 12.2. The molecular weight excluding hydrogens is 348 g/mol. The van der Waals surface area contributed by atoms with Crippen molar-refractivity contribution in [2.45, 2.75) is 23.5 Å². The van der Waals surface area contributed by atoms with Crippen LogP contribution in [0.4, 0.5) is 4.79 Å². The van der Waals surface area contributed by atoms with Crippen molar-refractivity contribution in [3.05, 3.63) is 29.3 Å². The van der Waals surface area contributed by atoms with Gasteiger partial charge in [0.05, 0.1) is 11.0 Å². The van der Waals surface area contributed by atoms with Crippen molar-refractivity contribution in [3.63, 3.8) is 0 Å². The minimum absolute atomic E-state index is 0.306. The normalized spacial score (nSPS) is 11.7. The van der Waals surface area contributed by atoms with Gasteiger partial charge in [-0.25, -0.2) is 9.10 Å². The summed E-state index contributed by atoms with van der Waals surface area (Å²) in [6.07, 6.45) is 2.99. The highest BCUT2D eigenvalue weighted by Gasteiger charge is 2.18. The van der Waals surface area contributed by atoms with Crippen LogP contribution in [0.15, 0.2) is 34.3 Å². The molecule has 0 saturated heterocycles. The Morgan fingerprint density at radius 3 is 2.57 bits per heavy atom. The molecule has 0 aromatic heterocycles. The summed E-state index contributed by atoms with van der Waals surface area (Å²) in [7, 11) is 4.37. The Labute approximate surface area is 142 Å². The third-order valence-electron chi connectivity index (χ3n) is 2.13. The minimum Gasteiger partial charge on any atom is -0.298 e. The number of oxime groups is 1. The number of carbonyl (C=O) groups excluding carboxylic acids is 1. The SMILES string of the molecule is CSSN(C)C(=O)ON=CC(C)(C)Sc1ccc(Cl)cc1. The Bertz CT molecular complexity index is 495. The van der Waals surface area contributed by atoms with Crippen LogP contribution in [0.5, 0.6) is 0 Å². The lowest BCUT2D eigenvalue weighted by Crippen LogP contribution is -2.20. The van der Waals surface area contributed by atoms with Gasteiger partial charge in [-0.3, -0.25) is 4.84 Å². The molecular formula is C13H17ClN2O2S3. The maximum atomic E-state index is 11.5. The van der Waals surface area contributed by atoms with Crippen molar-refractivity contribution in [1.29, 1.82) is 0 Å². The predicted molar refractivity (Wildman–Crippen MR) is 95.2 cm³/mol. The van der Waals surface area contributed by atoms with Gasteiger partial charge in [0.2, 0.25) is 0 Å². The van der Waals surface area contributed by atoms with Crippen LogP contribution in [0.2, 0.25) is 5.02 Å². The highest BCUT2D eigenvalue weighted by Crippen LogP contribution is 2.31. The maximum Gasteiger partial charge on any atom is 0.446 e. The predicted octanol–water partition coefficient (Wildman–Crippen LogP) is 5.19. The summed E-state index contributed by atoms with van der Waals surface area (Å²) in [6.45, 7) is 3.98. The Kier molecular flexibility index (Phi) is 7.79. The van der Waals surface area contributed by atoms with E-state index in [1.807, 2.05) is 44.4 Å². The topological polar surface area (TPSA) is 41.9 Å². The van der Waals surface area contributed by atoms with E-state index in [9.17, 15) is 4.79 Å². The molecule has 1 aromatic carbocycles. The van der Waals surface area contributed by atoms with E-state index in [0.717, 1.165) is 4.90 Å². The number of hydrogen-bond donors (Lipinski definition) is 0. The van der Waals surface area contributed by atoms with Gasteiger partial charge < -0.3 is 0 Å². The first kappa shape index (κ1) is 18.5. The van der Waals surface area contributed by atoms with Crippen molar-refractivity contribution >= 4 is 57.4 Å². The van der Waals surface area contributed by atoms with E-state index in [1.54, 1.807) is 25.0 Å². The smallest absolute Gasteiger partial charge is 0.298 e. The molecule has 0 heterocycles. The number of carbonyl (C=O) groups is 1. The van der Waals surface area contributed by atoms with Gasteiger partial charge in [0.1, 0.15) is 0 Å². The lowest BCUT2D eigenvalue weighted by molar-refractivity contribution is 0.137. The molecule has 0 saturated carbocycles. The van der Waals surface area contributed by atoms with Crippen LogP contribution in [0.3, 0.4) is 0 Å². The highest BCUT2D eigenvalue weighted by atomic mass is 35.5. The average Bonchev–Trinajstić information content (AvgIpc) is 2.41. The molecule has 0 spiro atoms. The van der Waals surface area contributed by atoms with E-state index in [-0.39, 0.29) is 4.75 Å². The third-order valence-corrected chi connectivity index (χ3v) is 5.16. The quantitative estimate of drug-likeness (QED) is 0.173. The van der Waals surface area contributed by atoms with Gasteiger partial charge >= 0.3 is 6.09 Å². The molecule has 1 rings (SSSR count). The van der Waals surface area contributed by atoms with Gasteiger partial charge in [-0.05, 0) is 44.4 Å². The Balaban J connectivity index is 2.53. The number of benzene rings is 1. The minimum atomic E-state index is -0.502. The molecule has 21 heavy (non-hydrogen) atoms. The van der Waals surface area contributed by atoms with Crippen LogP contribution >= 0.6 is 45.1 Å². The molecule has 0 aliphatic rings. The van der Waals surface area contributed by atoms with E-state index in [1.165, 1.54) is 26.1 Å². The first-order valence-electron chi connectivity index (χ1n) is 5.98. The summed E-state index contributed by atoms with van der Waals surface area (Å²) in [6, 6.07) is 7.56. The van der Waals surface area contributed by atoms with E-state index in [2.05, 4.69) is 5.16 Å². The number of nitrogens with zero attached hydrogens (tertiary/aromatic N) is 2. The number of hydrogen-bond acceptors (Lipinski definition) is 6. The maximum absolute atomic E-state index is 11.5. The van der Waals surface area contributed by atoms with Gasteiger partial charge in [-0.1, -0.05) is 27.6 Å². The number of rotatable bonds is 6. The van der Waals surface area contributed by atoms with Gasteiger partial charge in [0, 0.05) is 27.9 Å². The Morgan fingerprint density at radius 2 is 2.00 bits per heavy atom. The summed E-state index contributed by atoms with van der Waals surface area (Å²) in [5.41, 5.74) is 0. The molecule has 116 valence electrons. The van der Waals surface area contributed by atoms with Crippen LogP contribution in [-0.2, 0) is 4.84 Å². The van der Waals surface area contributed by atoms with Gasteiger partial charge in [-0.2, -0.15) is 0 Å². The largest absolute Gasteiger partial charge is 0.446 e. The van der Waals surface area contributed by atoms with Crippen LogP contribution in [-0.4, -0.2) is 34.7 Å². The molecule has 0 atom stereocenters. The third kappa shape index (κ3) is 7.35. The first-order chi connectivity index (χ1) is 9.84. The second-order valence-electron chi connectivity index (χ2n) is 4.49. The second kappa shape index (κ2) is 8.82. The summed E-state index contributed by atoms with van der Waals surface area (Å²) in [4.78, 5) is 17.5. The van der Waals surface area contributed by atoms with Crippen molar-refractivity contribution in [2.75, 3.05) is 13.3 Å². The lowest BCUT2D eigenvalue weighted by Gasteiger charge is -2.18. The zero-order valence-corrected chi connectivity index (χ0v) is 15.4. The molecule has 8 heteroatoms. The summed E-state index contributed by atoms with van der Waals surface area (Å²) >= 11 is 7.46. The van der Waals surface area contributed by atoms with E-state index in [0.29, 0.717) is 5.02 Å².